The largest absolute Gasteiger partial charge is 0.357 e. The third-order valence-electron chi connectivity index (χ3n) is 2.30. The number of nitrogens with one attached hydrogen (secondary N) is 2. The van der Waals surface area contributed by atoms with Gasteiger partial charge in [-0.25, -0.2) is 0 Å². The van der Waals surface area contributed by atoms with Crippen LogP contribution in [0.4, 0.5) is 11.4 Å². The van der Waals surface area contributed by atoms with Crippen molar-refractivity contribution in [3.05, 3.63) is 58.6 Å². The molecule has 0 aromatic heterocycles. The van der Waals surface area contributed by atoms with Crippen LogP contribution in [-0.4, -0.2) is 11.5 Å². The van der Waals surface area contributed by atoms with Gasteiger partial charge in [-0.2, -0.15) is 0 Å². The topological polar surface area (TPSA) is 44.3 Å². The van der Waals surface area contributed by atoms with Crippen LogP contribution in [0.3, 0.4) is 0 Å². The number of aliphatic hydroxyl groups excluding tert-OH is 1. The summed E-state index contributed by atoms with van der Waals surface area (Å²) in [6.07, 6.45) is -0.896. The number of hydrogen-bond donors (Lipinski definition) is 3. The van der Waals surface area contributed by atoms with E-state index in [-0.39, 0.29) is 0 Å². The van der Waals surface area contributed by atoms with Crippen molar-refractivity contribution in [1.29, 1.82) is 0 Å². The van der Waals surface area contributed by atoms with Crippen LogP contribution in [-0.2, 0) is 0 Å². The Bertz CT molecular complexity index is 452. The van der Waals surface area contributed by atoms with Gasteiger partial charge in [0.1, 0.15) is 0 Å². The fraction of sp³-hybridized carbons (Fsp3) is 0.0769. The van der Waals surface area contributed by atoms with Crippen molar-refractivity contribution in [3.8, 4) is 0 Å². The zero-order valence-electron chi connectivity index (χ0n) is 9.40. The van der Waals surface area contributed by atoms with Gasteiger partial charge in [0, 0.05) is 21.4 Å². The van der Waals surface area contributed by atoms with Crippen LogP contribution < -0.4 is 10.6 Å². The lowest BCUT2D eigenvalue weighted by Gasteiger charge is -2.16. The number of anilines is 2. The molecule has 94 valence electrons. The monoisotopic (exact) mass is 282 g/mol. The number of benzene rings is 2. The standard InChI is InChI=1S/C13H12Cl2N2O/c14-9-1-5-11(6-2-9)16-13(18)17-12-7-3-10(15)4-8-12/h1-8,13,16-18H. The number of aliphatic hydroxyl groups is 1. The highest BCUT2D eigenvalue weighted by Gasteiger charge is 2.03. The van der Waals surface area contributed by atoms with Crippen molar-refractivity contribution in [3.63, 3.8) is 0 Å². The average molecular weight is 283 g/mol. The average Bonchev–Trinajstić information content (AvgIpc) is 2.35. The first-order chi connectivity index (χ1) is 8.63. The molecule has 18 heavy (non-hydrogen) atoms. The van der Waals surface area contributed by atoms with E-state index >= 15 is 0 Å². The maximum absolute atomic E-state index is 9.81. The van der Waals surface area contributed by atoms with Crippen molar-refractivity contribution in [2.75, 3.05) is 10.6 Å². The van der Waals surface area contributed by atoms with Gasteiger partial charge in [-0.1, -0.05) is 23.2 Å². The molecule has 0 spiro atoms. The van der Waals surface area contributed by atoms with Crippen LogP contribution in [0, 0.1) is 0 Å². The molecule has 0 aliphatic heterocycles. The molecule has 0 atom stereocenters. The summed E-state index contributed by atoms with van der Waals surface area (Å²) in [4.78, 5) is 0. The molecule has 0 aliphatic rings. The second kappa shape index (κ2) is 5.96. The third-order valence-corrected chi connectivity index (χ3v) is 2.80. The van der Waals surface area contributed by atoms with Crippen molar-refractivity contribution in [1.82, 2.24) is 0 Å². The van der Waals surface area contributed by atoms with Gasteiger partial charge in [0.15, 0.2) is 0 Å². The molecular weight excluding hydrogens is 271 g/mol. The van der Waals surface area contributed by atoms with Crippen LogP contribution in [0.15, 0.2) is 48.5 Å². The molecule has 2 rings (SSSR count). The quantitative estimate of drug-likeness (QED) is 0.748. The maximum Gasteiger partial charge on any atom is 0.202 e. The van der Waals surface area contributed by atoms with E-state index in [1.165, 1.54) is 0 Å². The number of hydrogen-bond acceptors (Lipinski definition) is 3. The molecule has 0 bridgehead atoms. The van der Waals surface area contributed by atoms with Gasteiger partial charge >= 0.3 is 0 Å². The summed E-state index contributed by atoms with van der Waals surface area (Å²) in [5.74, 6) is 0. The van der Waals surface area contributed by atoms with Gasteiger partial charge in [0.05, 0.1) is 0 Å². The molecule has 0 saturated heterocycles. The number of halogens is 2. The summed E-state index contributed by atoms with van der Waals surface area (Å²) in [5.41, 5.74) is 1.54. The van der Waals surface area contributed by atoms with Crippen LogP contribution >= 0.6 is 23.2 Å². The minimum atomic E-state index is -0.896. The van der Waals surface area contributed by atoms with Crippen LogP contribution in [0.25, 0.3) is 0 Å². The molecule has 2 aromatic carbocycles. The van der Waals surface area contributed by atoms with E-state index in [1.54, 1.807) is 48.5 Å². The normalized spacial score (nSPS) is 10.4. The van der Waals surface area contributed by atoms with E-state index in [1.807, 2.05) is 0 Å². The fourth-order valence-corrected chi connectivity index (χ4v) is 1.70. The predicted octanol–water partition coefficient (Wildman–Crippen LogP) is 3.79. The summed E-state index contributed by atoms with van der Waals surface area (Å²) < 4.78 is 0. The predicted molar refractivity (Wildman–Crippen MR) is 76.2 cm³/mol. The van der Waals surface area contributed by atoms with Crippen molar-refractivity contribution < 1.29 is 5.11 Å². The Hall–Kier alpha value is -1.42. The molecule has 0 radical (unpaired) electrons. The van der Waals surface area contributed by atoms with Gasteiger partial charge in [-0.3, -0.25) is 0 Å². The molecule has 0 saturated carbocycles. The Morgan fingerprint density at radius 3 is 1.39 bits per heavy atom. The van der Waals surface area contributed by atoms with Crippen LogP contribution in [0.5, 0.6) is 0 Å². The summed E-state index contributed by atoms with van der Waals surface area (Å²) in [5, 5.41) is 16.9. The van der Waals surface area contributed by atoms with E-state index in [4.69, 9.17) is 23.2 Å². The molecule has 0 aliphatic carbocycles. The first-order valence-corrected chi connectivity index (χ1v) is 6.11. The summed E-state index contributed by atoms with van der Waals surface area (Å²) >= 11 is 11.5. The Kier molecular flexibility index (Phi) is 4.31. The Labute approximate surface area is 115 Å². The highest BCUT2D eigenvalue weighted by molar-refractivity contribution is 6.30. The Balaban J connectivity index is 1.94. The second-order valence-corrected chi connectivity index (χ2v) is 4.58. The van der Waals surface area contributed by atoms with Gasteiger partial charge in [0.25, 0.3) is 0 Å². The maximum atomic E-state index is 9.81. The highest BCUT2D eigenvalue weighted by Crippen LogP contribution is 2.16. The Morgan fingerprint density at radius 2 is 1.06 bits per heavy atom. The van der Waals surface area contributed by atoms with Gasteiger partial charge in [-0.15, -0.1) is 0 Å². The lowest BCUT2D eigenvalue weighted by atomic mass is 10.3. The first kappa shape index (κ1) is 13.0. The van der Waals surface area contributed by atoms with Crippen LogP contribution in [0.1, 0.15) is 0 Å². The summed E-state index contributed by atoms with van der Waals surface area (Å²) in [7, 11) is 0. The molecule has 2 aromatic rings. The minimum absolute atomic E-state index is 0.653. The Morgan fingerprint density at radius 1 is 0.722 bits per heavy atom. The van der Waals surface area contributed by atoms with E-state index in [0.717, 1.165) is 11.4 Å². The second-order valence-electron chi connectivity index (χ2n) is 3.70. The van der Waals surface area contributed by atoms with E-state index in [9.17, 15) is 5.11 Å². The molecule has 5 heteroatoms. The van der Waals surface area contributed by atoms with E-state index in [2.05, 4.69) is 10.6 Å². The first-order valence-electron chi connectivity index (χ1n) is 5.36. The summed E-state index contributed by atoms with van der Waals surface area (Å²) in [6.45, 7) is 0. The molecular formula is C13H12Cl2N2O. The summed E-state index contributed by atoms with van der Waals surface area (Å²) in [6, 6.07) is 14.1. The van der Waals surface area contributed by atoms with Crippen molar-refractivity contribution >= 4 is 34.6 Å². The molecule has 3 nitrogen and oxygen atoms in total. The van der Waals surface area contributed by atoms with Crippen molar-refractivity contribution in [2.45, 2.75) is 6.35 Å². The van der Waals surface area contributed by atoms with Gasteiger partial charge in [0.2, 0.25) is 6.35 Å². The molecule has 0 heterocycles. The fourth-order valence-electron chi connectivity index (χ4n) is 1.44. The van der Waals surface area contributed by atoms with Crippen LogP contribution in [0.2, 0.25) is 10.0 Å². The van der Waals surface area contributed by atoms with Gasteiger partial charge < -0.3 is 15.7 Å². The van der Waals surface area contributed by atoms with E-state index in [0.29, 0.717) is 10.0 Å². The van der Waals surface area contributed by atoms with Crippen molar-refractivity contribution in [2.24, 2.45) is 0 Å². The van der Waals surface area contributed by atoms with E-state index < -0.39 is 6.35 Å². The molecule has 0 unspecified atom stereocenters. The zero-order chi connectivity index (χ0) is 13.0. The zero-order valence-corrected chi connectivity index (χ0v) is 10.9. The molecule has 0 amide bonds. The highest BCUT2D eigenvalue weighted by atomic mass is 35.5. The SMILES string of the molecule is OC(Nc1ccc(Cl)cc1)Nc1ccc(Cl)cc1. The lowest BCUT2D eigenvalue weighted by Crippen LogP contribution is -2.27. The van der Waals surface area contributed by atoms with Gasteiger partial charge in [-0.05, 0) is 48.5 Å². The minimum Gasteiger partial charge on any atom is -0.357 e. The molecule has 0 fully saturated rings. The lowest BCUT2D eigenvalue weighted by molar-refractivity contribution is 0.233. The molecule has 3 N–H and O–H groups in total. The third kappa shape index (κ3) is 3.81. The number of rotatable bonds is 4. The smallest absolute Gasteiger partial charge is 0.202 e.